The average Bonchev–Trinajstić information content (AvgIpc) is 2.76. The number of fused-ring (bicyclic) bond motifs is 1. The summed E-state index contributed by atoms with van der Waals surface area (Å²) in [6, 6.07) is 3.27. The number of alkyl halides is 1. The third-order valence-corrected chi connectivity index (χ3v) is 4.16. The molecule has 1 aromatic heterocycles. The minimum absolute atomic E-state index is 0.229. The van der Waals surface area contributed by atoms with Crippen LogP contribution >= 0.6 is 34.2 Å². The van der Waals surface area contributed by atoms with Crippen molar-refractivity contribution in [2.24, 2.45) is 0 Å². The highest BCUT2D eigenvalue weighted by Gasteiger charge is 2.12. The molecule has 1 aromatic carbocycles. The summed E-state index contributed by atoms with van der Waals surface area (Å²) in [5, 5.41) is 0. The first-order valence-corrected chi connectivity index (χ1v) is 8.26. The van der Waals surface area contributed by atoms with Gasteiger partial charge in [0, 0.05) is 19.2 Å². The normalized spacial score (nSPS) is 11.4. The Kier molecular flexibility index (Phi) is 6.04. The Morgan fingerprint density at radius 2 is 2.20 bits per heavy atom. The number of ether oxygens (including phenoxy) is 1. The average molecular weight is 411 g/mol. The van der Waals surface area contributed by atoms with Crippen LogP contribution in [0.4, 0.5) is 4.39 Å². The standard InChI is InChI=1S/C14H17ClFIN2O/c1-2-3-5-20-6-4-19-13-7-10(16)11(17)8-12(13)18-14(19)9-15/h7-8H,2-6,9H2,1H3. The van der Waals surface area contributed by atoms with Crippen LogP contribution in [0.3, 0.4) is 0 Å². The van der Waals surface area contributed by atoms with Gasteiger partial charge in [-0.2, -0.15) is 0 Å². The molecule has 0 bridgehead atoms. The van der Waals surface area contributed by atoms with Gasteiger partial charge in [0.05, 0.1) is 27.1 Å². The third-order valence-electron chi connectivity index (χ3n) is 3.09. The minimum Gasteiger partial charge on any atom is -0.380 e. The summed E-state index contributed by atoms with van der Waals surface area (Å²) in [4.78, 5) is 4.45. The molecule has 1 heterocycles. The Hall–Kier alpha value is -0.400. The maximum atomic E-state index is 13.7. The molecule has 0 amide bonds. The van der Waals surface area contributed by atoms with Crippen LogP contribution in [-0.2, 0) is 17.2 Å². The van der Waals surface area contributed by atoms with Gasteiger partial charge in [-0.3, -0.25) is 0 Å². The van der Waals surface area contributed by atoms with Crippen LogP contribution in [-0.4, -0.2) is 22.8 Å². The summed E-state index contributed by atoms with van der Waals surface area (Å²) < 4.78 is 21.8. The van der Waals surface area contributed by atoms with E-state index in [0.717, 1.165) is 36.3 Å². The van der Waals surface area contributed by atoms with Gasteiger partial charge in [-0.25, -0.2) is 9.37 Å². The van der Waals surface area contributed by atoms with Crippen molar-refractivity contribution >= 4 is 45.2 Å². The Labute approximate surface area is 136 Å². The molecule has 0 unspecified atom stereocenters. The van der Waals surface area contributed by atoms with E-state index in [0.29, 0.717) is 22.6 Å². The summed E-state index contributed by atoms with van der Waals surface area (Å²) in [7, 11) is 0. The molecule has 0 aliphatic rings. The summed E-state index contributed by atoms with van der Waals surface area (Å²) in [6.07, 6.45) is 2.17. The highest BCUT2D eigenvalue weighted by molar-refractivity contribution is 14.1. The molecule has 0 aliphatic heterocycles. The minimum atomic E-state index is -0.229. The van der Waals surface area contributed by atoms with E-state index in [1.165, 1.54) is 6.07 Å². The van der Waals surface area contributed by atoms with Crippen LogP contribution in [0.15, 0.2) is 12.1 Å². The highest BCUT2D eigenvalue weighted by Crippen LogP contribution is 2.22. The van der Waals surface area contributed by atoms with Gasteiger partial charge in [-0.15, -0.1) is 11.6 Å². The number of benzene rings is 1. The number of nitrogens with zero attached hydrogens (tertiary/aromatic N) is 2. The zero-order valence-corrected chi connectivity index (χ0v) is 14.2. The molecule has 0 saturated heterocycles. The van der Waals surface area contributed by atoms with Crippen LogP contribution in [0.2, 0.25) is 0 Å². The van der Waals surface area contributed by atoms with Crippen molar-refractivity contribution in [2.75, 3.05) is 13.2 Å². The van der Waals surface area contributed by atoms with Gasteiger partial charge >= 0.3 is 0 Å². The highest BCUT2D eigenvalue weighted by atomic mass is 127. The molecule has 0 saturated carbocycles. The zero-order chi connectivity index (χ0) is 14.5. The van der Waals surface area contributed by atoms with Crippen LogP contribution in [0, 0.1) is 9.39 Å². The Balaban J connectivity index is 2.19. The summed E-state index contributed by atoms with van der Waals surface area (Å²) in [5.74, 6) is 0.830. The van der Waals surface area contributed by atoms with Gasteiger partial charge in [-0.1, -0.05) is 13.3 Å². The number of imidazole rings is 1. The van der Waals surface area contributed by atoms with Gasteiger partial charge in [-0.05, 0) is 35.1 Å². The van der Waals surface area contributed by atoms with Crippen LogP contribution in [0.5, 0.6) is 0 Å². The van der Waals surface area contributed by atoms with E-state index in [2.05, 4.69) is 11.9 Å². The lowest BCUT2D eigenvalue weighted by atomic mass is 10.3. The van der Waals surface area contributed by atoms with E-state index >= 15 is 0 Å². The van der Waals surface area contributed by atoms with Crippen molar-refractivity contribution in [3.8, 4) is 0 Å². The number of unbranched alkanes of at least 4 members (excludes halogenated alkanes) is 1. The van der Waals surface area contributed by atoms with Gasteiger partial charge in [0.25, 0.3) is 0 Å². The SMILES string of the molecule is CCCCOCCn1c(CCl)nc2cc(I)c(F)cc21. The molecular formula is C14H17ClFIN2O. The van der Waals surface area contributed by atoms with Crippen molar-refractivity contribution in [3.63, 3.8) is 0 Å². The Morgan fingerprint density at radius 1 is 1.40 bits per heavy atom. The van der Waals surface area contributed by atoms with Crippen LogP contribution in [0.25, 0.3) is 11.0 Å². The van der Waals surface area contributed by atoms with Crippen molar-refractivity contribution in [1.29, 1.82) is 0 Å². The first-order chi connectivity index (χ1) is 9.67. The second-order valence-corrected chi connectivity index (χ2v) is 5.96. The van der Waals surface area contributed by atoms with Crippen molar-refractivity contribution in [3.05, 3.63) is 27.3 Å². The fourth-order valence-corrected chi connectivity index (χ4v) is 2.68. The lowest BCUT2D eigenvalue weighted by molar-refractivity contribution is 0.124. The molecule has 2 aromatic rings. The van der Waals surface area contributed by atoms with E-state index in [9.17, 15) is 4.39 Å². The second kappa shape index (κ2) is 7.56. The molecule has 110 valence electrons. The number of aromatic nitrogens is 2. The largest absolute Gasteiger partial charge is 0.380 e. The number of hydrogen-bond donors (Lipinski definition) is 0. The molecule has 0 radical (unpaired) electrons. The monoisotopic (exact) mass is 410 g/mol. The predicted octanol–water partition coefficient (Wildman–Crippen LogP) is 4.34. The molecule has 0 atom stereocenters. The molecule has 3 nitrogen and oxygen atoms in total. The van der Waals surface area contributed by atoms with Gasteiger partial charge < -0.3 is 9.30 Å². The molecule has 0 N–H and O–H groups in total. The first-order valence-electron chi connectivity index (χ1n) is 6.65. The lowest BCUT2D eigenvalue weighted by Crippen LogP contribution is -2.09. The van der Waals surface area contributed by atoms with E-state index in [1.54, 1.807) is 6.07 Å². The predicted molar refractivity (Wildman–Crippen MR) is 87.7 cm³/mol. The number of rotatable bonds is 7. The maximum absolute atomic E-state index is 13.7. The Bertz CT molecular complexity index is 588. The fourth-order valence-electron chi connectivity index (χ4n) is 2.03. The lowest BCUT2D eigenvalue weighted by Gasteiger charge is -2.08. The van der Waals surface area contributed by atoms with Gasteiger partial charge in [0.1, 0.15) is 11.6 Å². The summed E-state index contributed by atoms with van der Waals surface area (Å²) >= 11 is 7.89. The van der Waals surface area contributed by atoms with Gasteiger partial charge in [0.2, 0.25) is 0 Å². The van der Waals surface area contributed by atoms with E-state index in [1.807, 2.05) is 27.2 Å². The topological polar surface area (TPSA) is 27.1 Å². The summed E-state index contributed by atoms with van der Waals surface area (Å²) in [6.45, 7) is 4.11. The molecule has 6 heteroatoms. The van der Waals surface area contributed by atoms with Crippen molar-refractivity contribution in [2.45, 2.75) is 32.2 Å². The third kappa shape index (κ3) is 3.62. The zero-order valence-electron chi connectivity index (χ0n) is 11.3. The summed E-state index contributed by atoms with van der Waals surface area (Å²) in [5.41, 5.74) is 1.55. The van der Waals surface area contributed by atoms with Crippen LogP contribution in [0.1, 0.15) is 25.6 Å². The molecule has 0 fully saturated rings. The number of hydrogen-bond acceptors (Lipinski definition) is 2. The van der Waals surface area contributed by atoms with E-state index in [-0.39, 0.29) is 5.82 Å². The smallest absolute Gasteiger partial charge is 0.138 e. The molecular weight excluding hydrogens is 394 g/mol. The quantitative estimate of drug-likeness (QED) is 0.386. The fraction of sp³-hybridized carbons (Fsp3) is 0.500. The number of halogens is 3. The van der Waals surface area contributed by atoms with E-state index in [4.69, 9.17) is 16.3 Å². The molecule has 20 heavy (non-hydrogen) atoms. The maximum Gasteiger partial charge on any atom is 0.138 e. The Morgan fingerprint density at radius 3 is 2.90 bits per heavy atom. The van der Waals surface area contributed by atoms with Crippen molar-refractivity contribution < 1.29 is 9.13 Å². The van der Waals surface area contributed by atoms with Crippen molar-refractivity contribution in [1.82, 2.24) is 9.55 Å². The molecule has 2 rings (SSSR count). The first kappa shape index (κ1) is 16.0. The van der Waals surface area contributed by atoms with Gasteiger partial charge in [0.15, 0.2) is 0 Å². The molecule has 0 spiro atoms. The van der Waals surface area contributed by atoms with E-state index < -0.39 is 0 Å². The molecule has 0 aliphatic carbocycles. The second-order valence-electron chi connectivity index (χ2n) is 4.53. The van der Waals surface area contributed by atoms with Crippen LogP contribution < -0.4 is 0 Å².